The maximum absolute atomic E-state index is 12.2. The fourth-order valence-corrected chi connectivity index (χ4v) is 2.24. The monoisotopic (exact) mass is 302 g/mol. The Kier molecular flexibility index (Phi) is 4.43. The first kappa shape index (κ1) is 15.3. The Labute approximate surface area is 129 Å². The summed E-state index contributed by atoms with van der Waals surface area (Å²) in [6.45, 7) is 3.96. The Morgan fingerprint density at radius 1 is 1.19 bits per heavy atom. The standard InChI is InChI=1S/C16H18N2O2S/c1-10(2)20-12-6-4-11(5-7-12)14-9-8-13(15(17)21)16(19)18(14)3/h4-10H,1-3H3,(H2,17,21). The minimum atomic E-state index is -0.192. The molecule has 0 saturated carbocycles. The highest BCUT2D eigenvalue weighted by molar-refractivity contribution is 7.80. The number of aromatic nitrogens is 1. The lowest BCUT2D eigenvalue weighted by molar-refractivity contribution is 0.242. The topological polar surface area (TPSA) is 57.2 Å². The van der Waals surface area contributed by atoms with E-state index in [2.05, 4.69) is 0 Å². The Bertz CT molecular complexity index is 718. The molecule has 0 aliphatic rings. The van der Waals surface area contributed by atoms with E-state index in [1.54, 1.807) is 17.7 Å². The summed E-state index contributed by atoms with van der Waals surface area (Å²) < 4.78 is 7.16. The van der Waals surface area contributed by atoms with Gasteiger partial charge < -0.3 is 15.0 Å². The molecule has 1 aromatic carbocycles. The number of hydrogen-bond acceptors (Lipinski definition) is 3. The van der Waals surface area contributed by atoms with Crippen LogP contribution in [0.4, 0.5) is 0 Å². The highest BCUT2D eigenvalue weighted by Gasteiger charge is 2.09. The second-order valence-electron chi connectivity index (χ2n) is 5.05. The van der Waals surface area contributed by atoms with Crippen LogP contribution in [0.1, 0.15) is 19.4 Å². The lowest BCUT2D eigenvalue weighted by atomic mass is 10.1. The SMILES string of the molecule is CC(C)Oc1ccc(-c2ccc(C(N)=S)c(=O)n2C)cc1. The minimum absolute atomic E-state index is 0.114. The predicted molar refractivity (Wildman–Crippen MR) is 88.8 cm³/mol. The summed E-state index contributed by atoms with van der Waals surface area (Å²) >= 11 is 4.87. The minimum Gasteiger partial charge on any atom is -0.491 e. The van der Waals surface area contributed by atoms with Crippen molar-refractivity contribution in [3.63, 3.8) is 0 Å². The first-order valence-electron chi connectivity index (χ1n) is 6.67. The molecule has 0 amide bonds. The molecule has 0 saturated heterocycles. The van der Waals surface area contributed by atoms with Gasteiger partial charge in [0.2, 0.25) is 0 Å². The number of pyridine rings is 1. The van der Waals surface area contributed by atoms with Crippen molar-refractivity contribution < 1.29 is 4.74 Å². The lowest BCUT2D eigenvalue weighted by Crippen LogP contribution is -2.28. The maximum Gasteiger partial charge on any atom is 0.261 e. The molecule has 0 radical (unpaired) electrons. The van der Waals surface area contributed by atoms with E-state index in [1.165, 1.54) is 0 Å². The molecule has 21 heavy (non-hydrogen) atoms. The van der Waals surface area contributed by atoms with Gasteiger partial charge in [0.05, 0.1) is 17.4 Å². The Morgan fingerprint density at radius 3 is 2.33 bits per heavy atom. The third-order valence-electron chi connectivity index (χ3n) is 3.09. The van der Waals surface area contributed by atoms with Crippen LogP contribution in [-0.2, 0) is 7.05 Å². The molecular weight excluding hydrogens is 284 g/mol. The Hall–Kier alpha value is -2.14. The molecule has 0 unspecified atom stereocenters. The van der Waals surface area contributed by atoms with Gasteiger partial charge in [-0.25, -0.2) is 0 Å². The number of thiocarbonyl (C=S) groups is 1. The fraction of sp³-hybridized carbons (Fsp3) is 0.250. The van der Waals surface area contributed by atoms with Crippen LogP contribution in [0.5, 0.6) is 5.75 Å². The number of ether oxygens (including phenoxy) is 1. The van der Waals surface area contributed by atoms with Crippen LogP contribution in [0.3, 0.4) is 0 Å². The van der Waals surface area contributed by atoms with Crippen molar-refractivity contribution in [2.24, 2.45) is 12.8 Å². The number of nitrogens with zero attached hydrogens (tertiary/aromatic N) is 1. The molecule has 2 N–H and O–H groups in total. The smallest absolute Gasteiger partial charge is 0.261 e. The van der Waals surface area contributed by atoms with E-state index in [0.29, 0.717) is 5.56 Å². The van der Waals surface area contributed by atoms with Gasteiger partial charge in [0, 0.05) is 7.05 Å². The lowest BCUT2D eigenvalue weighted by Gasteiger charge is -2.12. The van der Waals surface area contributed by atoms with Gasteiger partial charge in [-0.3, -0.25) is 4.79 Å². The van der Waals surface area contributed by atoms with Gasteiger partial charge in [0.15, 0.2) is 0 Å². The van der Waals surface area contributed by atoms with Gasteiger partial charge in [-0.15, -0.1) is 0 Å². The van der Waals surface area contributed by atoms with Gasteiger partial charge in [0.1, 0.15) is 10.7 Å². The quantitative estimate of drug-likeness (QED) is 0.882. The zero-order valence-electron chi connectivity index (χ0n) is 12.3. The first-order chi connectivity index (χ1) is 9.90. The van der Waals surface area contributed by atoms with Gasteiger partial charge in [-0.05, 0) is 55.8 Å². The zero-order valence-corrected chi connectivity index (χ0v) is 13.1. The molecule has 0 aliphatic heterocycles. The molecule has 1 heterocycles. The molecule has 2 aromatic rings. The van der Waals surface area contributed by atoms with Crippen molar-refractivity contribution >= 4 is 17.2 Å². The van der Waals surface area contributed by atoms with Crippen LogP contribution >= 0.6 is 12.2 Å². The zero-order chi connectivity index (χ0) is 15.6. The molecule has 1 aromatic heterocycles. The van der Waals surface area contributed by atoms with Crippen LogP contribution in [0.2, 0.25) is 0 Å². The molecule has 2 rings (SSSR count). The molecule has 0 aliphatic carbocycles. The Morgan fingerprint density at radius 2 is 1.81 bits per heavy atom. The van der Waals surface area contributed by atoms with Crippen molar-refractivity contribution in [3.8, 4) is 17.0 Å². The highest BCUT2D eigenvalue weighted by atomic mass is 32.1. The number of hydrogen-bond donors (Lipinski definition) is 1. The summed E-state index contributed by atoms with van der Waals surface area (Å²) in [5, 5.41) is 0. The summed E-state index contributed by atoms with van der Waals surface area (Å²) in [5.74, 6) is 0.804. The summed E-state index contributed by atoms with van der Waals surface area (Å²) in [6.07, 6.45) is 0.130. The van der Waals surface area contributed by atoms with E-state index < -0.39 is 0 Å². The molecule has 0 spiro atoms. The van der Waals surface area contributed by atoms with Gasteiger partial charge in [-0.2, -0.15) is 0 Å². The Balaban J connectivity index is 2.41. The second-order valence-corrected chi connectivity index (χ2v) is 5.49. The van der Waals surface area contributed by atoms with Gasteiger partial charge in [-0.1, -0.05) is 12.2 Å². The summed E-state index contributed by atoms with van der Waals surface area (Å²) in [4.78, 5) is 12.3. The van der Waals surface area contributed by atoms with Crippen molar-refractivity contribution in [2.45, 2.75) is 20.0 Å². The third kappa shape index (κ3) is 3.31. The molecule has 110 valence electrons. The average Bonchev–Trinajstić information content (AvgIpc) is 2.42. The number of benzene rings is 1. The summed E-state index contributed by atoms with van der Waals surface area (Å²) in [5.41, 5.74) is 7.44. The normalized spacial score (nSPS) is 10.7. The van der Waals surface area contributed by atoms with Crippen molar-refractivity contribution in [2.75, 3.05) is 0 Å². The van der Waals surface area contributed by atoms with Crippen LogP contribution in [-0.4, -0.2) is 15.7 Å². The molecule has 0 fully saturated rings. The molecule has 5 heteroatoms. The van der Waals surface area contributed by atoms with E-state index in [-0.39, 0.29) is 16.7 Å². The van der Waals surface area contributed by atoms with Crippen LogP contribution < -0.4 is 16.0 Å². The third-order valence-corrected chi connectivity index (χ3v) is 3.31. The molecular formula is C16H18N2O2S. The van der Waals surface area contributed by atoms with Crippen LogP contribution in [0.15, 0.2) is 41.2 Å². The van der Waals surface area contributed by atoms with Crippen molar-refractivity contribution in [1.29, 1.82) is 0 Å². The van der Waals surface area contributed by atoms with Crippen LogP contribution in [0.25, 0.3) is 11.3 Å². The molecule has 0 bridgehead atoms. The highest BCUT2D eigenvalue weighted by Crippen LogP contribution is 2.22. The van der Waals surface area contributed by atoms with Crippen molar-refractivity contribution in [1.82, 2.24) is 4.57 Å². The van der Waals surface area contributed by atoms with Gasteiger partial charge in [0.25, 0.3) is 5.56 Å². The number of rotatable bonds is 4. The van der Waals surface area contributed by atoms with Gasteiger partial charge >= 0.3 is 0 Å². The summed E-state index contributed by atoms with van der Waals surface area (Å²) in [7, 11) is 1.71. The average molecular weight is 302 g/mol. The van der Waals surface area contributed by atoms with Crippen LogP contribution in [0, 0.1) is 0 Å². The van der Waals surface area contributed by atoms with E-state index in [1.807, 2.05) is 44.2 Å². The van der Waals surface area contributed by atoms with E-state index in [9.17, 15) is 4.79 Å². The second kappa shape index (κ2) is 6.10. The molecule has 0 atom stereocenters. The van der Waals surface area contributed by atoms with Crippen molar-refractivity contribution in [3.05, 3.63) is 52.3 Å². The number of nitrogens with two attached hydrogens (primary N) is 1. The van der Waals surface area contributed by atoms with E-state index >= 15 is 0 Å². The van der Waals surface area contributed by atoms with E-state index in [4.69, 9.17) is 22.7 Å². The fourth-order valence-electron chi connectivity index (χ4n) is 2.09. The largest absolute Gasteiger partial charge is 0.491 e. The molecule has 4 nitrogen and oxygen atoms in total. The van der Waals surface area contributed by atoms with E-state index in [0.717, 1.165) is 17.0 Å². The predicted octanol–water partition coefficient (Wildman–Crippen LogP) is 2.47. The summed E-state index contributed by atoms with van der Waals surface area (Å²) in [6, 6.07) is 11.1. The maximum atomic E-state index is 12.2. The first-order valence-corrected chi connectivity index (χ1v) is 7.08.